The Morgan fingerprint density at radius 2 is 1.73 bits per heavy atom. The second-order valence-corrected chi connectivity index (χ2v) is 7.93. The standard InChI is InChI=1S/C17H20N2O2S/c1-17(2,15-8-10-18-11-9-15)19-22(20,21)16-7-6-13-4-3-5-14(13)12-16/h6-12,19H,3-5H2,1-2H3. The van der Waals surface area contributed by atoms with Crippen molar-refractivity contribution in [1.82, 2.24) is 9.71 Å². The summed E-state index contributed by atoms with van der Waals surface area (Å²) >= 11 is 0. The molecule has 0 saturated carbocycles. The van der Waals surface area contributed by atoms with Crippen LogP contribution in [0, 0.1) is 0 Å². The highest BCUT2D eigenvalue weighted by molar-refractivity contribution is 7.89. The molecule has 1 aromatic heterocycles. The van der Waals surface area contributed by atoms with Crippen molar-refractivity contribution < 1.29 is 8.42 Å². The van der Waals surface area contributed by atoms with Crippen LogP contribution in [0.1, 0.15) is 37.0 Å². The molecule has 22 heavy (non-hydrogen) atoms. The van der Waals surface area contributed by atoms with E-state index in [2.05, 4.69) is 9.71 Å². The van der Waals surface area contributed by atoms with E-state index in [1.165, 1.54) is 5.56 Å². The number of sulfonamides is 1. The van der Waals surface area contributed by atoms with Crippen LogP contribution in [0.15, 0.2) is 47.6 Å². The lowest BCUT2D eigenvalue weighted by Gasteiger charge is -2.26. The molecule has 0 radical (unpaired) electrons. The molecule has 0 atom stereocenters. The first kappa shape index (κ1) is 15.2. The number of aryl methyl sites for hydroxylation is 2. The van der Waals surface area contributed by atoms with Crippen molar-refractivity contribution in [3.8, 4) is 0 Å². The molecule has 1 aromatic carbocycles. The first-order chi connectivity index (χ1) is 10.4. The molecule has 5 heteroatoms. The van der Waals surface area contributed by atoms with Crippen LogP contribution in [0.2, 0.25) is 0 Å². The van der Waals surface area contributed by atoms with Gasteiger partial charge < -0.3 is 0 Å². The molecule has 1 N–H and O–H groups in total. The van der Waals surface area contributed by atoms with Gasteiger partial charge in [-0.3, -0.25) is 4.98 Å². The molecule has 0 amide bonds. The summed E-state index contributed by atoms with van der Waals surface area (Å²) in [6.45, 7) is 3.71. The van der Waals surface area contributed by atoms with Gasteiger partial charge in [0.05, 0.1) is 10.4 Å². The molecule has 3 rings (SSSR count). The summed E-state index contributed by atoms with van der Waals surface area (Å²) in [6, 6.07) is 9.11. The van der Waals surface area contributed by atoms with E-state index in [4.69, 9.17) is 0 Å². The van der Waals surface area contributed by atoms with Gasteiger partial charge >= 0.3 is 0 Å². The molecule has 0 unspecified atom stereocenters. The molecule has 0 spiro atoms. The third-order valence-electron chi connectivity index (χ3n) is 4.17. The van der Waals surface area contributed by atoms with Crippen LogP contribution in [0.5, 0.6) is 0 Å². The van der Waals surface area contributed by atoms with Crippen molar-refractivity contribution in [1.29, 1.82) is 0 Å². The smallest absolute Gasteiger partial charge is 0.241 e. The van der Waals surface area contributed by atoms with Crippen LogP contribution in [-0.4, -0.2) is 13.4 Å². The van der Waals surface area contributed by atoms with Gasteiger partial charge in [0.25, 0.3) is 0 Å². The lowest BCUT2D eigenvalue weighted by molar-refractivity contribution is 0.471. The average Bonchev–Trinajstić information content (AvgIpc) is 2.94. The normalized spacial score (nSPS) is 14.8. The molecule has 0 bridgehead atoms. The van der Waals surface area contributed by atoms with E-state index in [0.29, 0.717) is 4.90 Å². The van der Waals surface area contributed by atoms with Crippen molar-refractivity contribution >= 4 is 10.0 Å². The zero-order chi connectivity index (χ0) is 15.8. The monoisotopic (exact) mass is 316 g/mol. The van der Waals surface area contributed by atoms with Gasteiger partial charge in [-0.25, -0.2) is 13.1 Å². The number of nitrogens with zero attached hydrogens (tertiary/aromatic N) is 1. The molecular formula is C17H20N2O2S. The van der Waals surface area contributed by atoms with Gasteiger partial charge in [0, 0.05) is 12.4 Å². The number of aromatic nitrogens is 1. The fourth-order valence-corrected chi connectivity index (χ4v) is 4.39. The number of rotatable bonds is 4. The van der Waals surface area contributed by atoms with E-state index >= 15 is 0 Å². The Labute approximate surface area is 131 Å². The Morgan fingerprint density at radius 1 is 1.05 bits per heavy atom. The molecule has 1 heterocycles. The van der Waals surface area contributed by atoms with E-state index in [1.54, 1.807) is 18.5 Å². The number of hydrogen-bond acceptors (Lipinski definition) is 3. The van der Waals surface area contributed by atoms with Crippen molar-refractivity contribution in [2.24, 2.45) is 0 Å². The Hall–Kier alpha value is -1.72. The number of fused-ring (bicyclic) bond motifs is 1. The highest BCUT2D eigenvalue weighted by Gasteiger charge is 2.28. The highest BCUT2D eigenvalue weighted by atomic mass is 32.2. The predicted molar refractivity (Wildman–Crippen MR) is 86.1 cm³/mol. The van der Waals surface area contributed by atoms with E-state index in [1.807, 2.05) is 38.1 Å². The van der Waals surface area contributed by atoms with E-state index in [9.17, 15) is 8.42 Å². The second-order valence-electron chi connectivity index (χ2n) is 6.25. The first-order valence-electron chi connectivity index (χ1n) is 7.45. The Morgan fingerprint density at radius 3 is 2.45 bits per heavy atom. The average molecular weight is 316 g/mol. The van der Waals surface area contributed by atoms with E-state index in [0.717, 1.165) is 30.4 Å². The Kier molecular flexibility index (Phi) is 3.78. The molecule has 0 aliphatic heterocycles. The zero-order valence-electron chi connectivity index (χ0n) is 12.8. The molecular weight excluding hydrogens is 296 g/mol. The highest BCUT2D eigenvalue weighted by Crippen LogP contribution is 2.27. The summed E-state index contributed by atoms with van der Waals surface area (Å²) in [5.74, 6) is 0. The maximum atomic E-state index is 12.7. The van der Waals surface area contributed by atoms with Crippen molar-refractivity contribution in [3.05, 3.63) is 59.4 Å². The molecule has 1 aliphatic rings. The lowest BCUT2D eigenvalue weighted by atomic mass is 9.97. The third kappa shape index (κ3) is 2.91. The minimum absolute atomic E-state index is 0.343. The fraction of sp³-hybridized carbons (Fsp3) is 0.353. The molecule has 116 valence electrons. The minimum Gasteiger partial charge on any atom is -0.265 e. The summed E-state index contributed by atoms with van der Waals surface area (Å²) in [6.07, 6.45) is 6.45. The quantitative estimate of drug-likeness (QED) is 0.943. The number of nitrogens with one attached hydrogen (secondary N) is 1. The van der Waals surface area contributed by atoms with Gasteiger partial charge in [-0.15, -0.1) is 0 Å². The summed E-state index contributed by atoms with van der Waals surface area (Å²) in [4.78, 5) is 4.32. The van der Waals surface area contributed by atoms with Gasteiger partial charge in [-0.1, -0.05) is 6.07 Å². The van der Waals surface area contributed by atoms with Crippen LogP contribution in [-0.2, 0) is 28.4 Å². The van der Waals surface area contributed by atoms with Crippen molar-refractivity contribution in [3.63, 3.8) is 0 Å². The number of benzene rings is 1. The fourth-order valence-electron chi connectivity index (χ4n) is 2.94. The Balaban J connectivity index is 1.90. The summed E-state index contributed by atoms with van der Waals surface area (Å²) in [5.41, 5.74) is 2.62. The van der Waals surface area contributed by atoms with Gasteiger partial charge in [0.1, 0.15) is 0 Å². The molecule has 1 aliphatic carbocycles. The predicted octanol–water partition coefficient (Wildman–Crippen LogP) is 2.78. The maximum Gasteiger partial charge on any atom is 0.241 e. The topological polar surface area (TPSA) is 59.1 Å². The van der Waals surface area contributed by atoms with Crippen molar-refractivity contribution in [2.75, 3.05) is 0 Å². The van der Waals surface area contributed by atoms with Gasteiger partial charge in [-0.05, 0) is 74.1 Å². The van der Waals surface area contributed by atoms with Crippen molar-refractivity contribution in [2.45, 2.75) is 43.5 Å². The Bertz CT molecular complexity index is 784. The van der Waals surface area contributed by atoms with Crippen LogP contribution in [0.3, 0.4) is 0 Å². The van der Waals surface area contributed by atoms with Gasteiger partial charge in [0.15, 0.2) is 0 Å². The molecule has 0 saturated heterocycles. The van der Waals surface area contributed by atoms with Gasteiger partial charge in [-0.2, -0.15) is 0 Å². The van der Waals surface area contributed by atoms with Crippen LogP contribution in [0.25, 0.3) is 0 Å². The zero-order valence-corrected chi connectivity index (χ0v) is 13.7. The molecule has 2 aromatic rings. The minimum atomic E-state index is -3.56. The molecule has 0 fully saturated rings. The third-order valence-corrected chi connectivity index (χ3v) is 5.83. The van der Waals surface area contributed by atoms with Crippen LogP contribution >= 0.6 is 0 Å². The summed E-state index contributed by atoms with van der Waals surface area (Å²) < 4.78 is 28.2. The molecule has 4 nitrogen and oxygen atoms in total. The summed E-state index contributed by atoms with van der Waals surface area (Å²) in [7, 11) is -3.56. The van der Waals surface area contributed by atoms with Gasteiger partial charge in [0.2, 0.25) is 10.0 Å². The van der Waals surface area contributed by atoms with Crippen LogP contribution < -0.4 is 4.72 Å². The second kappa shape index (κ2) is 5.48. The van der Waals surface area contributed by atoms with Crippen LogP contribution in [0.4, 0.5) is 0 Å². The summed E-state index contributed by atoms with van der Waals surface area (Å²) in [5, 5.41) is 0. The first-order valence-corrected chi connectivity index (χ1v) is 8.93. The SMILES string of the molecule is CC(C)(NS(=O)(=O)c1ccc2c(c1)CCC2)c1ccncc1. The largest absolute Gasteiger partial charge is 0.265 e. The van der Waals surface area contributed by atoms with E-state index < -0.39 is 15.6 Å². The number of hydrogen-bond donors (Lipinski definition) is 1. The maximum absolute atomic E-state index is 12.7. The lowest BCUT2D eigenvalue weighted by Crippen LogP contribution is -2.40. The van der Waals surface area contributed by atoms with E-state index in [-0.39, 0.29) is 0 Å². The number of pyridine rings is 1.